The van der Waals surface area contributed by atoms with Gasteiger partial charge in [-0.05, 0) is 0 Å². The quantitative estimate of drug-likeness (QED) is 0.342. The molecule has 0 aromatic rings. The van der Waals surface area contributed by atoms with Gasteiger partial charge in [-0.3, -0.25) is 0 Å². The summed E-state index contributed by atoms with van der Waals surface area (Å²) in [6.07, 6.45) is 0. The predicted octanol–water partition coefficient (Wildman–Crippen LogP) is -0.818. The first kappa shape index (κ1) is 22.5. The minimum Gasteiger partial charge on any atom is -1.00 e. The second-order valence-electron chi connectivity index (χ2n) is 0.513. The van der Waals surface area contributed by atoms with Crippen molar-refractivity contribution in [2.24, 2.45) is 0 Å². The third kappa shape index (κ3) is 102. The zero-order chi connectivity index (χ0) is 4.50. The molecule has 0 aromatic carbocycles. The molecule has 0 radical (unpaired) electrons. The first-order valence-corrected chi connectivity index (χ1v) is 2.35. The van der Waals surface area contributed by atoms with E-state index < -0.39 is 7.82 Å². The molecule has 4 nitrogen and oxygen atoms in total. The standard InChI is InChI=1S/ClH.2Mg.H3O4P.4H/c;;;1-5(2,3)4;;;;/h1H;;;(H3,1,2,3,4);;;;/q;2*+2;;4*-1. The van der Waals surface area contributed by atoms with Crippen molar-refractivity contribution < 1.29 is 25.0 Å². The first-order valence-electron chi connectivity index (χ1n) is 0.783. The molecule has 0 rings (SSSR count). The summed E-state index contributed by atoms with van der Waals surface area (Å²) in [4.78, 5) is 21.6. The Hall–Kier alpha value is 1.93. The second kappa shape index (κ2) is 8.93. The molecule has 0 amide bonds. The fourth-order valence-electron chi connectivity index (χ4n) is 0. The molecule has 8 heteroatoms. The van der Waals surface area contributed by atoms with Gasteiger partial charge in [-0.15, -0.1) is 12.4 Å². The maximum atomic E-state index is 8.88. The van der Waals surface area contributed by atoms with E-state index in [9.17, 15) is 0 Å². The van der Waals surface area contributed by atoms with Crippen molar-refractivity contribution in [3.8, 4) is 0 Å². The topological polar surface area (TPSA) is 77.8 Å². The zero-order valence-corrected chi connectivity index (χ0v) is 8.56. The van der Waals surface area contributed by atoms with Crippen molar-refractivity contribution in [1.29, 1.82) is 0 Å². The van der Waals surface area contributed by atoms with Gasteiger partial charge in [-0.1, -0.05) is 0 Å². The Labute approximate surface area is 90.9 Å². The van der Waals surface area contributed by atoms with Crippen molar-refractivity contribution >= 4 is 66.3 Å². The summed E-state index contributed by atoms with van der Waals surface area (Å²) in [6, 6.07) is 0. The molecule has 0 saturated carbocycles. The Morgan fingerprint density at radius 2 is 1.12 bits per heavy atom. The molecule has 3 N–H and O–H groups in total. The van der Waals surface area contributed by atoms with Gasteiger partial charge in [0, 0.05) is 0 Å². The molecular formula is H8ClMg2O4P. The van der Waals surface area contributed by atoms with Crippen LogP contribution < -0.4 is 0 Å². The molecule has 8 heavy (non-hydrogen) atoms. The number of hydrogen-bond acceptors (Lipinski definition) is 1. The van der Waals surface area contributed by atoms with Crippen LogP contribution in [0.1, 0.15) is 5.71 Å². The number of halogens is 1. The number of rotatable bonds is 0. The van der Waals surface area contributed by atoms with Gasteiger partial charge >= 0.3 is 53.9 Å². The van der Waals surface area contributed by atoms with Crippen LogP contribution in [-0.2, 0) is 4.57 Å². The van der Waals surface area contributed by atoms with Crippen LogP contribution in [0.15, 0.2) is 0 Å². The van der Waals surface area contributed by atoms with Crippen LogP contribution >= 0.6 is 20.2 Å². The van der Waals surface area contributed by atoms with E-state index in [1.165, 1.54) is 0 Å². The molecule has 0 aliphatic heterocycles. The molecule has 0 unspecified atom stereocenters. The van der Waals surface area contributed by atoms with E-state index in [4.69, 9.17) is 19.2 Å². The number of phosphoric acid groups is 1. The van der Waals surface area contributed by atoms with Gasteiger partial charge in [0.1, 0.15) is 0 Å². The minimum absolute atomic E-state index is 0. The van der Waals surface area contributed by atoms with Gasteiger partial charge < -0.3 is 20.4 Å². The van der Waals surface area contributed by atoms with E-state index in [1.807, 2.05) is 0 Å². The van der Waals surface area contributed by atoms with Crippen LogP contribution in [0.4, 0.5) is 0 Å². The maximum absolute atomic E-state index is 8.88. The van der Waals surface area contributed by atoms with Crippen molar-refractivity contribution in [3.63, 3.8) is 0 Å². The number of hydrogen-bond donors (Lipinski definition) is 3. The summed E-state index contributed by atoms with van der Waals surface area (Å²) < 4.78 is 8.88. The summed E-state index contributed by atoms with van der Waals surface area (Å²) in [5.41, 5.74) is 0. The maximum Gasteiger partial charge on any atom is 2.00 e. The average Bonchev–Trinajstić information content (AvgIpc) is 0.722. The third-order valence-electron chi connectivity index (χ3n) is 0. The normalized spacial score (nSPS) is 7.38. The van der Waals surface area contributed by atoms with Crippen molar-refractivity contribution in [1.82, 2.24) is 0 Å². The molecule has 0 atom stereocenters. The van der Waals surface area contributed by atoms with Gasteiger partial charge in [0.2, 0.25) is 0 Å². The van der Waals surface area contributed by atoms with E-state index in [2.05, 4.69) is 0 Å². The van der Waals surface area contributed by atoms with Gasteiger partial charge in [-0.25, -0.2) is 4.57 Å². The van der Waals surface area contributed by atoms with E-state index >= 15 is 0 Å². The minimum atomic E-state index is -4.64. The molecule has 0 bridgehead atoms. The van der Waals surface area contributed by atoms with E-state index in [0.717, 1.165) is 0 Å². The Bertz CT molecular complexity index is 71.2. The molecule has 0 aliphatic carbocycles. The fraction of sp³-hybridized carbons (Fsp3) is 0. The Morgan fingerprint density at radius 3 is 1.12 bits per heavy atom. The molecule has 0 aromatic heterocycles. The summed E-state index contributed by atoms with van der Waals surface area (Å²) >= 11 is 0. The van der Waals surface area contributed by atoms with E-state index in [1.54, 1.807) is 0 Å². The molecule has 48 valence electrons. The van der Waals surface area contributed by atoms with Crippen molar-refractivity contribution in [2.45, 2.75) is 0 Å². The Balaban J connectivity index is -0.00000000381. The average molecular weight is 187 g/mol. The van der Waals surface area contributed by atoms with Gasteiger partial charge in [0.05, 0.1) is 0 Å². The van der Waals surface area contributed by atoms with Gasteiger partial charge in [0.15, 0.2) is 0 Å². The Morgan fingerprint density at radius 1 is 1.12 bits per heavy atom. The first-order chi connectivity index (χ1) is 2.00. The smallest absolute Gasteiger partial charge is 1.00 e. The molecule has 0 aliphatic rings. The zero-order valence-electron chi connectivity index (χ0n) is 8.02. The Kier molecular flexibility index (Phi) is 25.1. The third-order valence-corrected chi connectivity index (χ3v) is 0. The van der Waals surface area contributed by atoms with Crippen LogP contribution in [-0.4, -0.2) is 60.8 Å². The summed E-state index contributed by atoms with van der Waals surface area (Å²) in [5, 5.41) is 0. The molecular weight excluding hydrogens is 179 g/mol. The summed E-state index contributed by atoms with van der Waals surface area (Å²) in [7, 11) is -4.64. The molecule has 0 heterocycles. The van der Waals surface area contributed by atoms with Gasteiger partial charge in [0.25, 0.3) is 0 Å². The predicted molar refractivity (Wildman–Crippen MR) is 37.5 cm³/mol. The summed E-state index contributed by atoms with van der Waals surface area (Å²) in [6.45, 7) is 0. The molecule has 0 fully saturated rings. The van der Waals surface area contributed by atoms with E-state index in [-0.39, 0.29) is 64.2 Å². The largest absolute Gasteiger partial charge is 2.00 e. The van der Waals surface area contributed by atoms with Crippen LogP contribution in [0.3, 0.4) is 0 Å². The molecule has 0 spiro atoms. The SMILES string of the molecule is Cl.O=P(O)(O)O.[H-].[H-].[H-].[H-].[Mg+2].[Mg+2]. The van der Waals surface area contributed by atoms with Crippen LogP contribution in [0.5, 0.6) is 0 Å². The molecule has 0 saturated heterocycles. The van der Waals surface area contributed by atoms with Crippen molar-refractivity contribution in [2.75, 3.05) is 0 Å². The van der Waals surface area contributed by atoms with Crippen molar-refractivity contribution in [3.05, 3.63) is 0 Å². The van der Waals surface area contributed by atoms with Crippen LogP contribution in [0.2, 0.25) is 0 Å². The fourth-order valence-corrected chi connectivity index (χ4v) is 0. The second-order valence-corrected chi connectivity index (χ2v) is 1.54. The summed E-state index contributed by atoms with van der Waals surface area (Å²) in [5.74, 6) is 0. The van der Waals surface area contributed by atoms with Crippen LogP contribution in [0, 0.1) is 0 Å². The van der Waals surface area contributed by atoms with E-state index in [0.29, 0.717) is 0 Å². The van der Waals surface area contributed by atoms with Gasteiger partial charge in [-0.2, -0.15) is 0 Å². The van der Waals surface area contributed by atoms with Crippen LogP contribution in [0.25, 0.3) is 0 Å². The monoisotopic (exact) mass is 186 g/mol.